The van der Waals surface area contributed by atoms with E-state index in [1.165, 1.54) is 18.4 Å². The van der Waals surface area contributed by atoms with Gasteiger partial charge in [-0.05, 0) is 37.3 Å². The highest BCUT2D eigenvalue weighted by Gasteiger charge is 2.05. The second-order valence-electron chi connectivity index (χ2n) is 5.15. The molecule has 1 aromatic carbocycles. The SMILES string of the molecule is Cc1ccc2occ(/C=C/C(=O)NCc3ccco3)c(=O)c2c1. The number of carbonyl (C=O) groups is 1. The third-order valence-electron chi connectivity index (χ3n) is 3.39. The highest BCUT2D eigenvalue weighted by molar-refractivity contribution is 5.92. The van der Waals surface area contributed by atoms with E-state index in [0.29, 0.717) is 28.8 Å². The largest absolute Gasteiger partial charge is 0.467 e. The van der Waals surface area contributed by atoms with Gasteiger partial charge in [-0.2, -0.15) is 0 Å². The molecule has 116 valence electrons. The molecule has 2 heterocycles. The molecule has 0 saturated heterocycles. The molecular formula is C18H15NO4. The number of rotatable bonds is 4. The summed E-state index contributed by atoms with van der Waals surface area (Å²) >= 11 is 0. The maximum atomic E-state index is 12.4. The third-order valence-corrected chi connectivity index (χ3v) is 3.39. The molecule has 0 atom stereocenters. The van der Waals surface area contributed by atoms with Gasteiger partial charge >= 0.3 is 0 Å². The molecule has 0 radical (unpaired) electrons. The Bertz CT molecular complexity index is 920. The third kappa shape index (κ3) is 3.40. The van der Waals surface area contributed by atoms with Crippen LogP contribution in [0.4, 0.5) is 0 Å². The Labute approximate surface area is 132 Å². The molecule has 0 aliphatic rings. The minimum absolute atomic E-state index is 0.162. The summed E-state index contributed by atoms with van der Waals surface area (Å²) in [6.07, 6.45) is 5.65. The lowest BCUT2D eigenvalue weighted by molar-refractivity contribution is -0.116. The predicted molar refractivity (Wildman–Crippen MR) is 86.8 cm³/mol. The first-order valence-electron chi connectivity index (χ1n) is 7.14. The van der Waals surface area contributed by atoms with E-state index in [9.17, 15) is 9.59 Å². The Morgan fingerprint density at radius 2 is 2.13 bits per heavy atom. The fourth-order valence-electron chi connectivity index (χ4n) is 2.19. The van der Waals surface area contributed by atoms with Crippen molar-refractivity contribution in [3.8, 4) is 0 Å². The zero-order valence-electron chi connectivity index (χ0n) is 12.5. The van der Waals surface area contributed by atoms with Gasteiger partial charge in [-0.25, -0.2) is 0 Å². The van der Waals surface area contributed by atoms with Gasteiger partial charge in [0.1, 0.15) is 17.6 Å². The standard InChI is InChI=1S/C18H15NO4/c1-12-4-6-16-15(9-12)18(21)13(11-23-16)5-7-17(20)19-10-14-3-2-8-22-14/h2-9,11H,10H2,1H3,(H,19,20)/b7-5+. The van der Waals surface area contributed by atoms with Gasteiger partial charge in [0.2, 0.25) is 5.91 Å². The van der Waals surface area contributed by atoms with Crippen LogP contribution in [0.25, 0.3) is 17.0 Å². The topological polar surface area (TPSA) is 72.5 Å². The Morgan fingerprint density at radius 1 is 1.26 bits per heavy atom. The van der Waals surface area contributed by atoms with Crippen molar-refractivity contribution in [2.75, 3.05) is 0 Å². The van der Waals surface area contributed by atoms with E-state index < -0.39 is 0 Å². The van der Waals surface area contributed by atoms with Crippen LogP contribution in [0, 0.1) is 6.92 Å². The van der Waals surface area contributed by atoms with Crippen molar-refractivity contribution in [1.29, 1.82) is 0 Å². The summed E-state index contributed by atoms with van der Waals surface area (Å²) in [5.41, 5.74) is 1.67. The van der Waals surface area contributed by atoms with Crippen molar-refractivity contribution in [2.45, 2.75) is 13.5 Å². The molecule has 2 aromatic heterocycles. The molecule has 1 amide bonds. The average molecular weight is 309 g/mol. The lowest BCUT2D eigenvalue weighted by Crippen LogP contribution is -2.20. The molecule has 0 fully saturated rings. The molecule has 3 aromatic rings. The quantitative estimate of drug-likeness (QED) is 0.752. The Hall–Kier alpha value is -3.08. The minimum Gasteiger partial charge on any atom is -0.467 e. The number of amides is 1. The van der Waals surface area contributed by atoms with E-state index in [2.05, 4.69) is 5.32 Å². The van der Waals surface area contributed by atoms with Crippen molar-refractivity contribution < 1.29 is 13.6 Å². The molecule has 0 bridgehead atoms. The summed E-state index contributed by atoms with van der Waals surface area (Å²) in [6.45, 7) is 2.20. The molecular weight excluding hydrogens is 294 g/mol. The Morgan fingerprint density at radius 3 is 2.91 bits per heavy atom. The first kappa shape index (κ1) is 14.8. The van der Waals surface area contributed by atoms with Crippen LogP contribution in [0.1, 0.15) is 16.9 Å². The molecule has 0 spiro atoms. The molecule has 5 heteroatoms. The van der Waals surface area contributed by atoms with Crippen LogP contribution in [0.3, 0.4) is 0 Å². The molecule has 5 nitrogen and oxygen atoms in total. The van der Waals surface area contributed by atoms with Crippen LogP contribution >= 0.6 is 0 Å². The first-order chi connectivity index (χ1) is 11.1. The number of fused-ring (bicyclic) bond motifs is 1. The maximum Gasteiger partial charge on any atom is 0.244 e. The number of hydrogen-bond acceptors (Lipinski definition) is 4. The highest BCUT2D eigenvalue weighted by atomic mass is 16.3. The summed E-state index contributed by atoms with van der Waals surface area (Å²) in [7, 11) is 0. The number of nitrogens with one attached hydrogen (secondary N) is 1. The summed E-state index contributed by atoms with van der Waals surface area (Å²) in [5.74, 6) is 0.345. The van der Waals surface area contributed by atoms with Crippen LogP contribution in [0.2, 0.25) is 0 Å². The molecule has 0 saturated carbocycles. The zero-order chi connectivity index (χ0) is 16.2. The van der Waals surface area contributed by atoms with E-state index in [-0.39, 0.29) is 11.3 Å². The van der Waals surface area contributed by atoms with Gasteiger partial charge in [0.25, 0.3) is 0 Å². The molecule has 0 aliphatic carbocycles. The van der Waals surface area contributed by atoms with Gasteiger partial charge in [0.05, 0.1) is 23.8 Å². The molecule has 23 heavy (non-hydrogen) atoms. The van der Waals surface area contributed by atoms with E-state index in [0.717, 1.165) is 5.56 Å². The highest BCUT2D eigenvalue weighted by Crippen LogP contribution is 2.13. The fraction of sp³-hybridized carbons (Fsp3) is 0.111. The van der Waals surface area contributed by atoms with Crippen LogP contribution in [-0.2, 0) is 11.3 Å². The van der Waals surface area contributed by atoms with Crippen molar-refractivity contribution >= 4 is 23.0 Å². The minimum atomic E-state index is -0.315. The van der Waals surface area contributed by atoms with Crippen molar-refractivity contribution in [2.24, 2.45) is 0 Å². The number of furan rings is 1. The fourth-order valence-corrected chi connectivity index (χ4v) is 2.19. The predicted octanol–water partition coefficient (Wildman–Crippen LogP) is 3.02. The first-order valence-corrected chi connectivity index (χ1v) is 7.14. The van der Waals surface area contributed by atoms with Gasteiger partial charge < -0.3 is 14.2 Å². The van der Waals surface area contributed by atoms with E-state index in [1.807, 2.05) is 13.0 Å². The summed E-state index contributed by atoms with van der Waals surface area (Å²) in [6, 6.07) is 8.93. The second-order valence-corrected chi connectivity index (χ2v) is 5.15. The van der Waals surface area contributed by atoms with Crippen LogP contribution in [0.5, 0.6) is 0 Å². The summed E-state index contributed by atoms with van der Waals surface area (Å²) in [4.78, 5) is 24.1. The smallest absolute Gasteiger partial charge is 0.244 e. The van der Waals surface area contributed by atoms with Crippen molar-refractivity contribution in [3.63, 3.8) is 0 Å². The zero-order valence-corrected chi connectivity index (χ0v) is 12.5. The van der Waals surface area contributed by atoms with Crippen molar-refractivity contribution in [1.82, 2.24) is 5.32 Å². The lowest BCUT2D eigenvalue weighted by atomic mass is 10.1. The van der Waals surface area contributed by atoms with Gasteiger partial charge in [-0.3, -0.25) is 9.59 Å². The van der Waals surface area contributed by atoms with Crippen LogP contribution in [-0.4, -0.2) is 5.91 Å². The number of benzene rings is 1. The van der Waals surface area contributed by atoms with Gasteiger partial charge in [0.15, 0.2) is 5.43 Å². The molecule has 3 rings (SSSR count). The van der Waals surface area contributed by atoms with E-state index >= 15 is 0 Å². The van der Waals surface area contributed by atoms with Crippen molar-refractivity contribution in [3.05, 3.63) is 76.0 Å². The van der Waals surface area contributed by atoms with Gasteiger partial charge in [0, 0.05) is 6.08 Å². The summed E-state index contributed by atoms with van der Waals surface area (Å²) < 4.78 is 10.6. The van der Waals surface area contributed by atoms with Crippen LogP contribution in [0.15, 0.2) is 62.6 Å². The number of carbonyl (C=O) groups excluding carboxylic acids is 1. The second kappa shape index (κ2) is 6.36. The Balaban J connectivity index is 1.76. The normalized spacial score (nSPS) is 11.2. The molecule has 1 N–H and O–H groups in total. The average Bonchev–Trinajstić information content (AvgIpc) is 3.06. The molecule has 0 aliphatic heterocycles. The maximum absolute atomic E-state index is 12.4. The summed E-state index contributed by atoms with van der Waals surface area (Å²) in [5, 5.41) is 3.17. The lowest BCUT2D eigenvalue weighted by Gasteiger charge is -2.00. The van der Waals surface area contributed by atoms with E-state index in [1.54, 1.807) is 30.5 Å². The number of hydrogen-bond donors (Lipinski definition) is 1. The van der Waals surface area contributed by atoms with Gasteiger partial charge in [-0.15, -0.1) is 0 Å². The number of aryl methyl sites for hydroxylation is 1. The monoisotopic (exact) mass is 309 g/mol. The Kier molecular flexibility index (Phi) is 4.10. The van der Waals surface area contributed by atoms with E-state index in [4.69, 9.17) is 8.83 Å². The molecule has 0 unspecified atom stereocenters. The van der Waals surface area contributed by atoms with Gasteiger partial charge in [-0.1, -0.05) is 11.6 Å². The van der Waals surface area contributed by atoms with Crippen LogP contribution < -0.4 is 10.7 Å².